The number of benzene rings is 1. The Hall–Kier alpha value is -0.510. The molecule has 0 aliphatic carbocycles. The quantitative estimate of drug-likeness (QED) is 0.560. The van der Waals surface area contributed by atoms with Crippen LogP contribution in [0.3, 0.4) is 0 Å². The maximum atomic E-state index is 9.46. The summed E-state index contributed by atoms with van der Waals surface area (Å²) in [4.78, 5) is 1.34. The molecule has 1 rings (SSSR count). The van der Waals surface area contributed by atoms with E-state index in [4.69, 9.17) is 0 Å². The number of likely N-dealkylation sites (N-methyl/N-ethyl adjacent to an activating group) is 1. The van der Waals surface area contributed by atoms with Crippen molar-refractivity contribution in [3.63, 3.8) is 0 Å². The summed E-state index contributed by atoms with van der Waals surface area (Å²) < 4.78 is 0. The Labute approximate surface area is 115 Å². The normalized spacial score (nSPS) is 14.4. The van der Waals surface area contributed by atoms with Crippen molar-refractivity contribution in [3.8, 4) is 0 Å². The van der Waals surface area contributed by atoms with Crippen molar-refractivity contribution in [1.82, 2.24) is 5.32 Å². The second kappa shape index (κ2) is 7.82. The van der Waals surface area contributed by atoms with E-state index in [2.05, 4.69) is 43.4 Å². The zero-order valence-corrected chi connectivity index (χ0v) is 12.5. The van der Waals surface area contributed by atoms with Gasteiger partial charge in [-0.3, -0.25) is 0 Å². The average Bonchev–Trinajstić information content (AvgIpc) is 2.40. The fraction of sp³-hybridized carbons (Fsp3) is 0.600. The van der Waals surface area contributed by atoms with Gasteiger partial charge in [0.15, 0.2) is 0 Å². The summed E-state index contributed by atoms with van der Waals surface area (Å²) in [6.45, 7) is 4.47. The second-order valence-corrected chi connectivity index (χ2v) is 5.98. The largest absolute Gasteiger partial charge is 0.394 e. The lowest BCUT2D eigenvalue weighted by Gasteiger charge is -2.30. The Bertz CT molecular complexity index is 342. The molecular formula is C15H25NOS. The Balaban J connectivity index is 2.34. The van der Waals surface area contributed by atoms with Gasteiger partial charge in [-0.25, -0.2) is 0 Å². The van der Waals surface area contributed by atoms with Crippen LogP contribution >= 0.6 is 11.8 Å². The summed E-state index contributed by atoms with van der Waals surface area (Å²) in [7, 11) is 1.94. The van der Waals surface area contributed by atoms with E-state index in [0.29, 0.717) is 0 Å². The molecule has 2 N–H and O–H groups in total. The maximum Gasteiger partial charge on any atom is 0.0613 e. The van der Waals surface area contributed by atoms with Crippen LogP contribution in [0, 0.1) is 6.92 Å². The molecule has 102 valence electrons. The Kier molecular flexibility index (Phi) is 6.76. The predicted molar refractivity (Wildman–Crippen MR) is 80.3 cm³/mol. The molecule has 0 heterocycles. The van der Waals surface area contributed by atoms with Crippen LogP contribution in [0.1, 0.15) is 31.7 Å². The molecule has 2 nitrogen and oxygen atoms in total. The number of aliphatic hydroxyl groups is 1. The van der Waals surface area contributed by atoms with Crippen LogP contribution in [0.5, 0.6) is 0 Å². The van der Waals surface area contributed by atoms with E-state index in [9.17, 15) is 5.11 Å². The van der Waals surface area contributed by atoms with E-state index < -0.39 is 0 Å². The highest BCUT2D eigenvalue weighted by Crippen LogP contribution is 2.23. The molecule has 1 unspecified atom stereocenters. The number of thioether (sulfide) groups is 1. The molecular weight excluding hydrogens is 242 g/mol. The summed E-state index contributed by atoms with van der Waals surface area (Å²) in [6, 6.07) is 8.62. The molecule has 0 spiro atoms. The first-order chi connectivity index (χ1) is 8.65. The van der Waals surface area contributed by atoms with Gasteiger partial charge in [0.2, 0.25) is 0 Å². The standard InChI is InChI=1S/C15H25NOS/c1-4-15(12-17,16-3)9-6-10-18-14-8-5-7-13(2)11-14/h5,7-8,11,16-17H,4,6,9-10,12H2,1-3H3. The molecule has 1 aromatic rings. The van der Waals surface area contributed by atoms with Crippen LogP contribution in [-0.4, -0.2) is 30.1 Å². The molecule has 0 aliphatic rings. The van der Waals surface area contributed by atoms with Crippen LogP contribution in [0.4, 0.5) is 0 Å². The smallest absolute Gasteiger partial charge is 0.0613 e. The van der Waals surface area contributed by atoms with Crippen molar-refractivity contribution < 1.29 is 5.11 Å². The van der Waals surface area contributed by atoms with E-state index in [0.717, 1.165) is 25.0 Å². The zero-order valence-electron chi connectivity index (χ0n) is 11.7. The van der Waals surface area contributed by atoms with Gasteiger partial charge in [0.1, 0.15) is 0 Å². The molecule has 0 aliphatic heterocycles. The summed E-state index contributed by atoms with van der Waals surface area (Å²) in [5.41, 5.74) is 1.22. The van der Waals surface area contributed by atoms with E-state index in [1.165, 1.54) is 10.5 Å². The summed E-state index contributed by atoms with van der Waals surface area (Å²) in [6.07, 6.45) is 3.11. The lowest BCUT2D eigenvalue weighted by atomic mass is 9.92. The van der Waals surface area contributed by atoms with Crippen LogP contribution < -0.4 is 5.32 Å². The minimum absolute atomic E-state index is 0.0901. The van der Waals surface area contributed by atoms with Gasteiger partial charge >= 0.3 is 0 Å². The summed E-state index contributed by atoms with van der Waals surface area (Å²) in [5, 5.41) is 12.7. The fourth-order valence-electron chi connectivity index (χ4n) is 2.05. The Morgan fingerprint density at radius 2 is 2.17 bits per heavy atom. The van der Waals surface area contributed by atoms with E-state index in [1.54, 1.807) is 0 Å². The first-order valence-corrected chi connectivity index (χ1v) is 7.63. The lowest BCUT2D eigenvalue weighted by molar-refractivity contribution is 0.154. The number of aliphatic hydroxyl groups excluding tert-OH is 1. The number of nitrogens with one attached hydrogen (secondary N) is 1. The highest BCUT2D eigenvalue weighted by Gasteiger charge is 2.23. The van der Waals surface area contributed by atoms with Crippen LogP contribution in [0.15, 0.2) is 29.2 Å². The molecule has 0 amide bonds. The van der Waals surface area contributed by atoms with Gasteiger partial charge < -0.3 is 10.4 Å². The number of rotatable bonds is 8. The van der Waals surface area contributed by atoms with Crippen molar-refractivity contribution in [2.75, 3.05) is 19.4 Å². The molecule has 0 aromatic heterocycles. The third kappa shape index (κ3) is 4.63. The van der Waals surface area contributed by atoms with Gasteiger partial charge in [-0.05, 0) is 51.1 Å². The first-order valence-electron chi connectivity index (χ1n) is 6.65. The van der Waals surface area contributed by atoms with Crippen molar-refractivity contribution in [1.29, 1.82) is 0 Å². The molecule has 3 heteroatoms. The van der Waals surface area contributed by atoms with Gasteiger partial charge in [0.05, 0.1) is 6.61 Å². The highest BCUT2D eigenvalue weighted by molar-refractivity contribution is 7.99. The van der Waals surface area contributed by atoms with E-state index in [1.807, 2.05) is 18.8 Å². The van der Waals surface area contributed by atoms with Gasteiger partial charge in [0, 0.05) is 10.4 Å². The molecule has 1 atom stereocenters. The number of aryl methyl sites for hydroxylation is 1. The van der Waals surface area contributed by atoms with E-state index >= 15 is 0 Å². The summed E-state index contributed by atoms with van der Waals surface area (Å²) >= 11 is 1.90. The number of hydrogen-bond acceptors (Lipinski definition) is 3. The van der Waals surface area contributed by atoms with Crippen LogP contribution in [-0.2, 0) is 0 Å². The van der Waals surface area contributed by atoms with Crippen molar-refractivity contribution >= 4 is 11.8 Å². The summed E-state index contributed by atoms with van der Waals surface area (Å²) in [5.74, 6) is 1.10. The minimum atomic E-state index is -0.0901. The SMILES string of the molecule is CCC(CO)(CCCSc1cccc(C)c1)NC. The highest BCUT2D eigenvalue weighted by atomic mass is 32.2. The minimum Gasteiger partial charge on any atom is -0.394 e. The van der Waals surface area contributed by atoms with Crippen molar-refractivity contribution in [2.45, 2.75) is 43.5 Å². The maximum absolute atomic E-state index is 9.46. The average molecular weight is 267 g/mol. The monoisotopic (exact) mass is 267 g/mol. The fourth-order valence-corrected chi connectivity index (χ4v) is 3.02. The third-order valence-corrected chi connectivity index (χ3v) is 4.65. The number of hydrogen-bond donors (Lipinski definition) is 2. The molecule has 1 aromatic carbocycles. The molecule has 0 fully saturated rings. The molecule has 0 radical (unpaired) electrons. The van der Waals surface area contributed by atoms with E-state index in [-0.39, 0.29) is 12.1 Å². The molecule has 0 bridgehead atoms. The van der Waals surface area contributed by atoms with Gasteiger partial charge in [-0.15, -0.1) is 11.8 Å². The third-order valence-electron chi connectivity index (χ3n) is 3.57. The van der Waals surface area contributed by atoms with Gasteiger partial charge in [-0.1, -0.05) is 24.6 Å². The van der Waals surface area contributed by atoms with Crippen LogP contribution in [0.25, 0.3) is 0 Å². The van der Waals surface area contributed by atoms with Gasteiger partial charge in [-0.2, -0.15) is 0 Å². The predicted octanol–water partition coefficient (Wildman–Crippen LogP) is 3.23. The van der Waals surface area contributed by atoms with Crippen molar-refractivity contribution in [3.05, 3.63) is 29.8 Å². The second-order valence-electron chi connectivity index (χ2n) is 4.81. The lowest BCUT2D eigenvalue weighted by Crippen LogP contribution is -2.45. The van der Waals surface area contributed by atoms with Crippen molar-refractivity contribution in [2.24, 2.45) is 0 Å². The molecule has 0 saturated heterocycles. The first kappa shape index (κ1) is 15.5. The topological polar surface area (TPSA) is 32.3 Å². The molecule has 0 saturated carbocycles. The van der Waals surface area contributed by atoms with Crippen LogP contribution in [0.2, 0.25) is 0 Å². The Morgan fingerprint density at radius 3 is 2.72 bits per heavy atom. The zero-order chi connectivity index (χ0) is 13.4. The Morgan fingerprint density at radius 1 is 1.39 bits per heavy atom. The van der Waals surface area contributed by atoms with Gasteiger partial charge in [0.25, 0.3) is 0 Å². The molecule has 18 heavy (non-hydrogen) atoms.